The Labute approximate surface area is 290 Å². The number of piperidine rings is 2. The zero-order chi connectivity index (χ0) is 34.9. The average molecular weight is 675 g/mol. The molecular weight excluding hydrogens is 634 g/mol. The van der Waals surface area contributed by atoms with Crippen LogP contribution in [0.2, 0.25) is 0 Å². The third-order valence-corrected chi connectivity index (χ3v) is 10.4. The zero-order valence-electron chi connectivity index (χ0n) is 28.5. The first kappa shape index (κ1) is 33.4. The third kappa shape index (κ3) is 6.85. The smallest absolute Gasteiger partial charge is 0.234 e. The maximum Gasteiger partial charge on any atom is 0.234 e. The second kappa shape index (κ2) is 14.0. The third-order valence-electron chi connectivity index (χ3n) is 10.4. The fourth-order valence-electron chi connectivity index (χ4n) is 7.35. The van der Waals surface area contributed by atoms with Crippen LogP contribution in [0.15, 0.2) is 72.9 Å². The Morgan fingerprint density at radius 2 is 1.66 bits per heavy atom. The number of benzene rings is 3. The SMILES string of the molecule is Cc1c(F)cccc1C(C)Nc1nnc(C)c2cnc(-c3ccc(F)c(CN4CCC(c5ccc(C6CCC(=O)NC6=O)cc5)CC4)c3)cc12. The molecule has 0 saturated carbocycles. The number of nitrogens with one attached hydrogen (secondary N) is 2. The van der Waals surface area contributed by atoms with Crippen LogP contribution in [0.3, 0.4) is 0 Å². The van der Waals surface area contributed by atoms with Gasteiger partial charge in [-0.05, 0) is 112 Å². The number of carbonyl (C=O) groups is 2. The summed E-state index contributed by atoms with van der Waals surface area (Å²) in [5, 5.41) is 16.3. The van der Waals surface area contributed by atoms with Crippen molar-refractivity contribution < 1.29 is 18.4 Å². The van der Waals surface area contributed by atoms with Crippen LogP contribution < -0.4 is 10.6 Å². The fourth-order valence-corrected chi connectivity index (χ4v) is 7.35. The summed E-state index contributed by atoms with van der Waals surface area (Å²) in [7, 11) is 0. The summed E-state index contributed by atoms with van der Waals surface area (Å²) in [4.78, 5) is 30.8. The Morgan fingerprint density at radius 1 is 0.900 bits per heavy atom. The first-order chi connectivity index (χ1) is 24.1. The van der Waals surface area contributed by atoms with Gasteiger partial charge in [0.25, 0.3) is 0 Å². The molecule has 0 radical (unpaired) electrons. The van der Waals surface area contributed by atoms with Gasteiger partial charge in [0, 0.05) is 41.1 Å². The van der Waals surface area contributed by atoms with Crippen LogP contribution >= 0.6 is 0 Å². The van der Waals surface area contributed by atoms with Gasteiger partial charge in [-0.15, -0.1) is 5.10 Å². The van der Waals surface area contributed by atoms with Gasteiger partial charge >= 0.3 is 0 Å². The molecule has 7 rings (SSSR count). The molecule has 2 N–H and O–H groups in total. The van der Waals surface area contributed by atoms with E-state index in [9.17, 15) is 14.0 Å². The largest absolute Gasteiger partial charge is 0.362 e. The van der Waals surface area contributed by atoms with Crippen molar-refractivity contribution in [3.8, 4) is 11.3 Å². The van der Waals surface area contributed by atoms with Crippen LogP contribution in [0, 0.1) is 25.5 Å². The van der Waals surface area contributed by atoms with Gasteiger partial charge in [-0.2, -0.15) is 5.10 Å². The van der Waals surface area contributed by atoms with E-state index in [0.29, 0.717) is 47.9 Å². The summed E-state index contributed by atoms with van der Waals surface area (Å²) in [6.07, 6.45) is 4.60. The number of imide groups is 1. The number of amides is 2. The van der Waals surface area contributed by atoms with Gasteiger partial charge in [0.15, 0.2) is 5.82 Å². The number of halogens is 2. The zero-order valence-corrected chi connectivity index (χ0v) is 28.5. The molecule has 5 aromatic rings. The van der Waals surface area contributed by atoms with Crippen molar-refractivity contribution in [1.29, 1.82) is 0 Å². The Hall–Kier alpha value is -5.09. The topological polar surface area (TPSA) is 100 Å². The molecule has 2 aliphatic heterocycles. The van der Waals surface area contributed by atoms with E-state index >= 15 is 4.39 Å². The van der Waals surface area contributed by atoms with Crippen molar-refractivity contribution in [2.24, 2.45) is 0 Å². The van der Waals surface area contributed by atoms with E-state index in [-0.39, 0.29) is 35.4 Å². The predicted molar refractivity (Wildman–Crippen MR) is 189 cm³/mol. The standard InChI is InChI=1S/C40H40F2N6O2/c1-23-31(5-4-6-35(23)41)24(2)44-39-33-20-37(43-21-34(33)25(3)46-47-39)29-11-13-36(42)30(19-29)22-48-17-15-27(16-18-48)26-7-9-28(10-8-26)32-12-14-38(49)45-40(32)50/h4-11,13,19-21,24,27,32H,12,14-18,22H2,1-3H3,(H,44,47)(H,45,49,50). The number of pyridine rings is 1. The number of anilines is 1. The van der Waals surface area contributed by atoms with E-state index in [1.54, 1.807) is 25.3 Å². The summed E-state index contributed by atoms with van der Waals surface area (Å²) in [6, 6.07) is 20.2. The minimum atomic E-state index is -0.282. The molecule has 2 atom stereocenters. The van der Waals surface area contributed by atoms with Crippen molar-refractivity contribution >= 4 is 28.4 Å². The van der Waals surface area contributed by atoms with Crippen molar-refractivity contribution in [1.82, 2.24) is 25.4 Å². The molecule has 3 aromatic carbocycles. The fraction of sp³-hybridized carbons (Fsp3) is 0.325. The van der Waals surface area contributed by atoms with E-state index in [1.165, 1.54) is 17.7 Å². The summed E-state index contributed by atoms with van der Waals surface area (Å²) < 4.78 is 29.5. The Morgan fingerprint density at radius 3 is 2.42 bits per heavy atom. The van der Waals surface area contributed by atoms with Crippen molar-refractivity contribution in [2.75, 3.05) is 18.4 Å². The molecule has 2 fully saturated rings. The van der Waals surface area contributed by atoms with Crippen LogP contribution in [0.5, 0.6) is 0 Å². The summed E-state index contributed by atoms with van der Waals surface area (Å²) in [6.45, 7) is 7.79. The normalized spacial score (nSPS) is 17.9. The maximum atomic E-state index is 15.2. The molecular formula is C40H40F2N6O2. The number of likely N-dealkylation sites (tertiary alicyclic amines) is 1. The van der Waals surface area contributed by atoms with Gasteiger partial charge in [0.2, 0.25) is 11.8 Å². The highest BCUT2D eigenvalue weighted by atomic mass is 19.1. The van der Waals surface area contributed by atoms with Gasteiger partial charge in [-0.25, -0.2) is 8.78 Å². The van der Waals surface area contributed by atoms with Crippen LogP contribution in [-0.2, 0) is 16.1 Å². The lowest BCUT2D eigenvalue weighted by atomic mass is 9.86. The molecule has 0 bridgehead atoms. The van der Waals surface area contributed by atoms with E-state index in [2.05, 4.69) is 37.9 Å². The molecule has 256 valence electrons. The minimum Gasteiger partial charge on any atom is -0.362 e. The van der Waals surface area contributed by atoms with Crippen LogP contribution in [0.4, 0.5) is 14.6 Å². The Kier molecular flexibility index (Phi) is 9.38. The Balaban J connectivity index is 1.04. The Bertz CT molecular complexity index is 2080. The van der Waals surface area contributed by atoms with Gasteiger partial charge < -0.3 is 5.32 Å². The summed E-state index contributed by atoms with van der Waals surface area (Å²) in [5.74, 6) is -0.244. The second-order valence-electron chi connectivity index (χ2n) is 13.6. The lowest BCUT2D eigenvalue weighted by molar-refractivity contribution is -0.134. The molecule has 4 heterocycles. The highest BCUT2D eigenvalue weighted by molar-refractivity contribution is 6.01. The van der Waals surface area contributed by atoms with Gasteiger partial charge in [-0.3, -0.25) is 24.8 Å². The first-order valence-corrected chi connectivity index (χ1v) is 17.2. The van der Waals surface area contributed by atoms with Crippen molar-refractivity contribution in [2.45, 2.75) is 70.9 Å². The molecule has 0 spiro atoms. The van der Waals surface area contributed by atoms with E-state index in [1.807, 2.05) is 44.2 Å². The molecule has 2 aromatic heterocycles. The molecule has 2 amide bonds. The minimum absolute atomic E-state index is 0.205. The molecule has 2 saturated heterocycles. The number of hydrogen-bond donors (Lipinski definition) is 2. The van der Waals surface area contributed by atoms with Crippen LogP contribution in [-0.4, -0.2) is 45.0 Å². The summed E-state index contributed by atoms with van der Waals surface area (Å²) >= 11 is 0. The monoisotopic (exact) mass is 674 g/mol. The molecule has 8 nitrogen and oxygen atoms in total. The predicted octanol–water partition coefficient (Wildman–Crippen LogP) is 7.66. The van der Waals surface area contributed by atoms with Gasteiger partial charge in [-0.1, -0.05) is 36.4 Å². The quantitative estimate of drug-likeness (QED) is 0.163. The lowest BCUT2D eigenvalue weighted by Crippen LogP contribution is -2.39. The number of rotatable bonds is 8. The van der Waals surface area contributed by atoms with Crippen molar-refractivity contribution in [3.63, 3.8) is 0 Å². The maximum absolute atomic E-state index is 15.2. The van der Waals surface area contributed by atoms with Gasteiger partial charge in [0.1, 0.15) is 11.6 Å². The second-order valence-corrected chi connectivity index (χ2v) is 13.6. The van der Waals surface area contributed by atoms with E-state index in [4.69, 9.17) is 4.98 Å². The molecule has 50 heavy (non-hydrogen) atoms. The number of carbonyl (C=O) groups excluding carboxylic acids is 2. The number of fused-ring (bicyclic) bond motifs is 1. The van der Waals surface area contributed by atoms with Gasteiger partial charge in [0.05, 0.1) is 23.3 Å². The van der Waals surface area contributed by atoms with Crippen LogP contribution in [0.1, 0.15) is 84.0 Å². The van der Waals surface area contributed by atoms with E-state index in [0.717, 1.165) is 59.1 Å². The van der Waals surface area contributed by atoms with E-state index < -0.39 is 0 Å². The molecule has 10 heteroatoms. The summed E-state index contributed by atoms with van der Waals surface area (Å²) in [5.41, 5.74) is 6.48. The number of aromatic nitrogens is 3. The number of nitrogens with zero attached hydrogens (tertiary/aromatic N) is 4. The highest BCUT2D eigenvalue weighted by Gasteiger charge is 2.28. The van der Waals surface area contributed by atoms with Crippen LogP contribution in [0.25, 0.3) is 22.0 Å². The lowest BCUT2D eigenvalue weighted by Gasteiger charge is -2.32. The van der Waals surface area contributed by atoms with Crippen molar-refractivity contribution in [3.05, 3.63) is 118 Å². The number of hydrogen-bond acceptors (Lipinski definition) is 7. The average Bonchev–Trinajstić information content (AvgIpc) is 3.12. The number of aryl methyl sites for hydroxylation is 1. The molecule has 2 unspecified atom stereocenters. The molecule has 2 aliphatic rings. The highest BCUT2D eigenvalue weighted by Crippen LogP contribution is 2.34. The first-order valence-electron chi connectivity index (χ1n) is 17.2. The molecule has 0 aliphatic carbocycles.